The monoisotopic (exact) mass is 502 g/mol. The number of hydrogen-bond donors (Lipinski definition) is 0. The van der Waals surface area contributed by atoms with Crippen LogP contribution in [0.1, 0.15) is 53.4 Å². The van der Waals surface area contributed by atoms with E-state index in [-0.39, 0.29) is 29.9 Å². The molecule has 6 nitrogen and oxygen atoms in total. The zero-order valence-electron chi connectivity index (χ0n) is 18.4. The normalized spacial score (nSPS) is 23.9. The van der Waals surface area contributed by atoms with Gasteiger partial charge in [0.1, 0.15) is 10.7 Å². The van der Waals surface area contributed by atoms with E-state index in [2.05, 4.69) is 38.4 Å². The van der Waals surface area contributed by atoms with Crippen molar-refractivity contribution in [1.29, 1.82) is 5.26 Å². The van der Waals surface area contributed by atoms with Gasteiger partial charge in [-0.2, -0.15) is 5.26 Å². The first-order valence-electron chi connectivity index (χ1n) is 10.6. The summed E-state index contributed by atoms with van der Waals surface area (Å²) in [7, 11) is -1.99. The topological polar surface area (TPSA) is 79.6 Å². The van der Waals surface area contributed by atoms with Crippen molar-refractivity contribution in [2.45, 2.75) is 85.8 Å². The van der Waals surface area contributed by atoms with Gasteiger partial charge in [-0.05, 0) is 52.7 Å². The van der Waals surface area contributed by atoms with Crippen LogP contribution in [0.4, 0.5) is 0 Å². The lowest BCUT2D eigenvalue weighted by Gasteiger charge is -2.45. The molecule has 3 unspecified atom stereocenters. The van der Waals surface area contributed by atoms with Gasteiger partial charge in [0.2, 0.25) is 0 Å². The van der Waals surface area contributed by atoms with Gasteiger partial charge >= 0.3 is 0 Å². The van der Waals surface area contributed by atoms with Crippen LogP contribution in [0.25, 0.3) is 0 Å². The molecule has 2 fully saturated rings. The molecule has 2 aliphatic rings. The fourth-order valence-electron chi connectivity index (χ4n) is 3.88. The molecule has 3 rings (SSSR count). The molecule has 1 aromatic carbocycles. The molecule has 1 saturated carbocycles. The third-order valence-corrected chi connectivity index (χ3v) is 14.2. The van der Waals surface area contributed by atoms with Crippen LogP contribution in [-0.2, 0) is 18.9 Å². The summed E-state index contributed by atoms with van der Waals surface area (Å²) in [6.07, 6.45) is 2.78. The second kappa shape index (κ2) is 10.7. The maximum atomic E-state index is 13.5. The molecule has 1 heterocycles. The lowest BCUT2D eigenvalue weighted by Crippen LogP contribution is -2.49. The van der Waals surface area contributed by atoms with Crippen molar-refractivity contribution in [3.05, 3.63) is 30.3 Å². The van der Waals surface area contributed by atoms with E-state index in [0.29, 0.717) is 4.90 Å². The van der Waals surface area contributed by atoms with Crippen molar-refractivity contribution in [3.8, 4) is 6.07 Å². The van der Waals surface area contributed by atoms with Crippen LogP contribution in [0.5, 0.6) is 0 Å². The largest absolute Gasteiger partial charge is 0.321 e. The van der Waals surface area contributed by atoms with Crippen LogP contribution in [-0.4, -0.2) is 47.2 Å². The van der Waals surface area contributed by atoms with E-state index in [1.54, 1.807) is 35.1 Å². The minimum Gasteiger partial charge on any atom is -0.321 e. The molecule has 1 aliphatic carbocycles. The minimum absolute atomic E-state index is 0.163. The molecule has 0 radical (unpaired) electrons. The number of hydrogen-bond acceptors (Lipinski definition) is 8. The van der Waals surface area contributed by atoms with E-state index < -0.39 is 29.0 Å². The van der Waals surface area contributed by atoms with Gasteiger partial charge in [-0.3, -0.25) is 0 Å². The van der Waals surface area contributed by atoms with E-state index in [4.69, 9.17) is 14.3 Å². The minimum atomic E-state index is -3.57. The summed E-state index contributed by atoms with van der Waals surface area (Å²) in [6.45, 7) is 8.61. The van der Waals surface area contributed by atoms with Gasteiger partial charge in [-0.15, -0.1) is 0 Å². The summed E-state index contributed by atoms with van der Waals surface area (Å²) >= 11 is 0. The summed E-state index contributed by atoms with van der Waals surface area (Å²) in [5.74, 6) is 0. The number of sulfone groups is 1. The standard InChI is InChI=1S/C21H31N2O4PS3/c1-16(2)23(17(3)4)28(26-15-9-14-22)27-19-20(29-30-21(19)12-8-13-21)31(24,25)18-10-6-5-7-11-18/h5-7,10-11,16-17,19-20H,8-9,12-13,15H2,1-4H3. The van der Waals surface area contributed by atoms with Crippen LogP contribution in [0.2, 0.25) is 0 Å². The summed E-state index contributed by atoms with van der Waals surface area (Å²) in [5.41, 5.74) is 0. The van der Waals surface area contributed by atoms with Crippen LogP contribution in [0.15, 0.2) is 35.2 Å². The first kappa shape index (κ1) is 25.3. The van der Waals surface area contributed by atoms with Crippen molar-refractivity contribution >= 4 is 40.0 Å². The molecule has 1 aromatic rings. The van der Waals surface area contributed by atoms with Crippen molar-refractivity contribution < 1.29 is 17.5 Å². The SMILES string of the molecule is CC(C)N(C(C)C)P(OCCC#N)OC1C(S(=O)(=O)c2ccccc2)SSC12CCC2. The predicted octanol–water partition coefficient (Wildman–Crippen LogP) is 5.77. The first-order chi connectivity index (χ1) is 14.7. The van der Waals surface area contributed by atoms with Crippen LogP contribution >= 0.6 is 30.1 Å². The second-order valence-electron chi connectivity index (χ2n) is 8.40. The summed E-state index contributed by atoms with van der Waals surface area (Å²) in [6, 6.07) is 11.1. The molecule has 31 heavy (non-hydrogen) atoms. The molecular weight excluding hydrogens is 471 g/mol. The lowest BCUT2D eigenvalue weighted by molar-refractivity contribution is 0.0907. The van der Waals surface area contributed by atoms with E-state index in [1.165, 1.54) is 10.8 Å². The Morgan fingerprint density at radius 3 is 2.39 bits per heavy atom. The Morgan fingerprint density at radius 2 is 1.87 bits per heavy atom. The third kappa shape index (κ3) is 5.43. The molecule has 10 heteroatoms. The van der Waals surface area contributed by atoms with Gasteiger partial charge in [-0.25, -0.2) is 13.1 Å². The van der Waals surface area contributed by atoms with Crippen molar-refractivity contribution in [3.63, 3.8) is 0 Å². The van der Waals surface area contributed by atoms with Gasteiger partial charge in [-0.1, -0.05) is 46.2 Å². The number of nitrogens with zero attached hydrogens (tertiary/aromatic N) is 2. The van der Waals surface area contributed by atoms with E-state index in [1.807, 2.05) is 6.07 Å². The van der Waals surface area contributed by atoms with E-state index in [0.717, 1.165) is 19.3 Å². The zero-order valence-corrected chi connectivity index (χ0v) is 21.8. The third-order valence-electron chi connectivity index (χ3n) is 5.52. The molecule has 0 aromatic heterocycles. The summed E-state index contributed by atoms with van der Waals surface area (Å²) < 4.78 is 41.1. The highest BCUT2D eigenvalue weighted by Crippen LogP contribution is 2.66. The Kier molecular flexibility index (Phi) is 8.76. The zero-order chi connectivity index (χ0) is 22.6. The molecule has 0 N–H and O–H groups in total. The highest BCUT2D eigenvalue weighted by molar-refractivity contribution is 8.79. The molecule has 0 bridgehead atoms. The molecular formula is C21H31N2O4PS3. The second-order valence-corrected chi connectivity index (χ2v) is 14.9. The lowest BCUT2D eigenvalue weighted by atomic mass is 9.80. The van der Waals surface area contributed by atoms with Crippen molar-refractivity contribution in [2.75, 3.05) is 6.61 Å². The fraction of sp³-hybridized carbons (Fsp3) is 0.667. The Morgan fingerprint density at radius 1 is 1.23 bits per heavy atom. The first-order valence-corrected chi connectivity index (χ1v) is 15.5. The van der Waals surface area contributed by atoms with Crippen molar-refractivity contribution in [2.24, 2.45) is 0 Å². The Labute approximate surface area is 195 Å². The smallest absolute Gasteiger partial charge is 0.259 e. The van der Waals surface area contributed by atoms with Crippen LogP contribution < -0.4 is 0 Å². The summed E-state index contributed by atoms with van der Waals surface area (Å²) in [5, 5.41) is 8.96. The maximum absolute atomic E-state index is 13.5. The fourth-order valence-corrected chi connectivity index (χ4v) is 13.0. The highest BCUT2D eigenvalue weighted by atomic mass is 33.1. The Balaban J connectivity index is 1.93. The average Bonchev–Trinajstić information content (AvgIpc) is 3.08. The Hall–Kier alpha value is -0.330. The van der Waals surface area contributed by atoms with Gasteiger partial charge in [0.15, 0.2) is 9.84 Å². The number of nitriles is 1. The number of rotatable bonds is 10. The predicted molar refractivity (Wildman–Crippen MR) is 129 cm³/mol. The van der Waals surface area contributed by atoms with Crippen LogP contribution in [0, 0.1) is 11.3 Å². The summed E-state index contributed by atoms with van der Waals surface area (Å²) in [4.78, 5) is 0.331. The molecule has 3 atom stereocenters. The van der Waals surface area contributed by atoms with Gasteiger partial charge in [0, 0.05) is 12.1 Å². The van der Waals surface area contributed by atoms with Gasteiger partial charge in [0.25, 0.3) is 8.53 Å². The maximum Gasteiger partial charge on any atom is 0.259 e. The Bertz CT molecular complexity index is 864. The molecule has 1 aliphatic heterocycles. The van der Waals surface area contributed by atoms with Gasteiger partial charge < -0.3 is 9.05 Å². The molecule has 1 saturated heterocycles. The molecule has 172 valence electrons. The quantitative estimate of drug-likeness (QED) is 0.227. The van der Waals surface area contributed by atoms with E-state index in [9.17, 15) is 8.42 Å². The van der Waals surface area contributed by atoms with Crippen LogP contribution in [0.3, 0.4) is 0 Å². The molecule has 0 amide bonds. The van der Waals surface area contributed by atoms with E-state index >= 15 is 0 Å². The molecule has 1 spiro atoms. The van der Waals surface area contributed by atoms with Gasteiger partial charge in [0.05, 0.1) is 28.7 Å². The number of benzene rings is 1. The van der Waals surface area contributed by atoms with Crippen molar-refractivity contribution in [1.82, 2.24) is 4.67 Å². The average molecular weight is 503 g/mol. The highest BCUT2D eigenvalue weighted by Gasteiger charge is 2.60.